The molecule has 0 spiro atoms. The minimum atomic E-state index is -0.307. The highest BCUT2D eigenvalue weighted by atomic mass is 79.9. The Morgan fingerprint density at radius 3 is 2.96 bits per heavy atom. The van der Waals surface area contributed by atoms with Gasteiger partial charge in [0, 0.05) is 29.1 Å². The highest BCUT2D eigenvalue weighted by Gasteiger charge is 2.33. The van der Waals surface area contributed by atoms with Crippen molar-refractivity contribution in [2.24, 2.45) is 4.99 Å². The van der Waals surface area contributed by atoms with Crippen LogP contribution in [0, 0.1) is 0 Å². The molecule has 2 aromatic rings. The molecule has 0 saturated heterocycles. The summed E-state index contributed by atoms with van der Waals surface area (Å²) in [5.41, 5.74) is 3.52. The SMILES string of the molecule is CC(=O)Nc1nc(O)c(C2=C3C(=Nc4ccc(Br)cc43)C(=O)NCC2)[nH]1. The van der Waals surface area contributed by atoms with Gasteiger partial charge in [-0.15, -0.1) is 0 Å². The van der Waals surface area contributed by atoms with E-state index in [1.165, 1.54) is 6.92 Å². The van der Waals surface area contributed by atoms with Gasteiger partial charge in [0.2, 0.25) is 17.7 Å². The van der Waals surface area contributed by atoms with Gasteiger partial charge in [-0.25, -0.2) is 4.99 Å². The fourth-order valence-electron chi connectivity index (χ4n) is 3.14. The summed E-state index contributed by atoms with van der Waals surface area (Å²) in [4.78, 5) is 35.0. The van der Waals surface area contributed by atoms with Crippen molar-refractivity contribution in [2.75, 3.05) is 11.9 Å². The molecule has 132 valence electrons. The van der Waals surface area contributed by atoms with E-state index >= 15 is 0 Å². The van der Waals surface area contributed by atoms with Crippen molar-refractivity contribution in [1.82, 2.24) is 15.3 Å². The zero-order valence-corrected chi connectivity index (χ0v) is 15.3. The molecule has 4 N–H and O–H groups in total. The summed E-state index contributed by atoms with van der Waals surface area (Å²) < 4.78 is 0.858. The number of aromatic nitrogens is 2. The summed E-state index contributed by atoms with van der Waals surface area (Å²) >= 11 is 3.45. The van der Waals surface area contributed by atoms with E-state index in [1.54, 1.807) is 0 Å². The molecule has 2 aliphatic heterocycles. The summed E-state index contributed by atoms with van der Waals surface area (Å²) in [6, 6.07) is 5.57. The van der Waals surface area contributed by atoms with Gasteiger partial charge in [0.25, 0.3) is 5.91 Å². The van der Waals surface area contributed by atoms with Crippen molar-refractivity contribution in [3.05, 3.63) is 33.9 Å². The van der Waals surface area contributed by atoms with Crippen molar-refractivity contribution in [3.8, 4) is 5.88 Å². The maximum Gasteiger partial charge on any atom is 0.270 e. The predicted octanol–water partition coefficient (Wildman–Crippen LogP) is 2.35. The first-order chi connectivity index (χ1) is 12.4. The molecule has 2 amide bonds. The molecule has 0 aliphatic carbocycles. The monoisotopic (exact) mass is 415 g/mol. The number of aliphatic imine (C=N–C) groups is 1. The van der Waals surface area contributed by atoms with Crippen LogP contribution in [0.25, 0.3) is 11.1 Å². The van der Waals surface area contributed by atoms with Crippen LogP contribution in [0.5, 0.6) is 5.88 Å². The average Bonchev–Trinajstić information content (AvgIpc) is 3.06. The third kappa shape index (κ3) is 2.70. The molecule has 0 saturated carbocycles. The first kappa shape index (κ1) is 16.5. The Balaban J connectivity index is 1.93. The summed E-state index contributed by atoms with van der Waals surface area (Å²) in [7, 11) is 0. The average molecular weight is 416 g/mol. The van der Waals surface area contributed by atoms with Gasteiger partial charge in [0.05, 0.1) is 5.69 Å². The molecule has 0 bridgehead atoms. The quantitative estimate of drug-likeness (QED) is 0.601. The molecule has 8 nitrogen and oxygen atoms in total. The van der Waals surface area contributed by atoms with Crippen molar-refractivity contribution >= 4 is 56.2 Å². The number of halogens is 1. The smallest absolute Gasteiger partial charge is 0.270 e. The van der Waals surface area contributed by atoms with Gasteiger partial charge in [0.15, 0.2) is 0 Å². The van der Waals surface area contributed by atoms with Gasteiger partial charge in [-0.3, -0.25) is 14.9 Å². The molecular formula is C17H14BrN5O3. The molecule has 0 radical (unpaired) electrons. The molecule has 26 heavy (non-hydrogen) atoms. The molecule has 0 fully saturated rings. The molecule has 2 aliphatic rings. The number of carbonyl (C=O) groups excluding carboxylic acids is 2. The molecule has 0 unspecified atom stereocenters. The Bertz CT molecular complexity index is 1020. The Labute approximate surface area is 156 Å². The van der Waals surface area contributed by atoms with Crippen molar-refractivity contribution in [1.29, 1.82) is 0 Å². The number of amides is 2. The van der Waals surface area contributed by atoms with Crippen LogP contribution in [-0.4, -0.2) is 39.1 Å². The van der Waals surface area contributed by atoms with E-state index in [4.69, 9.17) is 0 Å². The third-order valence-electron chi connectivity index (χ3n) is 4.16. The zero-order chi connectivity index (χ0) is 18.4. The zero-order valence-electron chi connectivity index (χ0n) is 13.7. The lowest BCUT2D eigenvalue weighted by atomic mass is 9.94. The number of carbonyl (C=O) groups is 2. The van der Waals surface area contributed by atoms with Gasteiger partial charge in [-0.1, -0.05) is 15.9 Å². The number of hydrogen-bond acceptors (Lipinski definition) is 5. The molecular weight excluding hydrogens is 402 g/mol. The van der Waals surface area contributed by atoms with Crippen LogP contribution in [0.1, 0.15) is 24.6 Å². The lowest BCUT2D eigenvalue weighted by Gasteiger charge is -2.09. The van der Waals surface area contributed by atoms with Gasteiger partial charge >= 0.3 is 0 Å². The maximum absolute atomic E-state index is 12.4. The second-order valence-electron chi connectivity index (χ2n) is 5.95. The van der Waals surface area contributed by atoms with Crippen LogP contribution >= 0.6 is 15.9 Å². The Hall–Kier alpha value is -2.94. The van der Waals surface area contributed by atoms with E-state index < -0.39 is 0 Å². The van der Waals surface area contributed by atoms with E-state index in [0.717, 1.165) is 10.0 Å². The summed E-state index contributed by atoms with van der Waals surface area (Å²) in [6.45, 7) is 1.75. The highest BCUT2D eigenvalue weighted by Crippen LogP contribution is 2.43. The minimum Gasteiger partial charge on any atom is -0.492 e. The van der Waals surface area contributed by atoms with E-state index in [1.807, 2.05) is 18.2 Å². The maximum atomic E-state index is 12.4. The number of H-pyrrole nitrogens is 1. The highest BCUT2D eigenvalue weighted by molar-refractivity contribution is 9.10. The van der Waals surface area contributed by atoms with Gasteiger partial charge in [-0.05, 0) is 30.2 Å². The van der Waals surface area contributed by atoms with Gasteiger partial charge in [0.1, 0.15) is 11.4 Å². The normalized spacial score (nSPS) is 15.8. The Kier molecular flexibility index (Phi) is 3.87. The van der Waals surface area contributed by atoms with Crippen molar-refractivity contribution < 1.29 is 14.7 Å². The fourth-order valence-corrected chi connectivity index (χ4v) is 3.50. The van der Waals surface area contributed by atoms with E-state index in [2.05, 4.69) is 41.5 Å². The third-order valence-corrected chi connectivity index (χ3v) is 4.65. The number of anilines is 1. The lowest BCUT2D eigenvalue weighted by Crippen LogP contribution is -2.29. The number of nitrogens with zero attached hydrogens (tertiary/aromatic N) is 2. The topological polar surface area (TPSA) is 119 Å². The second kappa shape index (κ2) is 6.10. The standard InChI is InChI=1S/C17H14BrN5O3/c1-7(24)20-17-22-13(16(26)23-17)9-4-5-19-15(25)14-12(9)10-6-8(18)2-3-11(10)21-14/h2-3,6,26H,4-5H2,1H3,(H,19,25)(H2,20,22,23,24). The fraction of sp³-hybridized carbons (Fsp3) is 0.176. The Morgan fingerprint density at radius 2 is 2.19 bits per heavy atom. The number of aromatic hydroxyl groups is 1. The molecule has 1 aromatic carbocycles. The molecule has 3 heterocycles. The van der Waals surface area contributed by atoms with Crippen molar-refractivity contribution in [2.45, 2.75) is 13.3 Å². The number of hydrogen-bond donors (Lipinski definition) is 4. The van der Waals surface area contributed by atoms with E-state index in [-0.39, 0.29) is 23.6 Å². The molecule has 4 rings (SSSR count). The molecule has 1 aromatic heterocycles. The van der Waals surface area contributed by atoms with Crippen molar-refractivity contribution in [3.63, 3.8) is 0 Å². The van der Waals surface area contributed by atoms with Crippen LogP contribution in [0.15, 0.2) is 27.7 Å². The van der Waals surface area contributed by atoms with Crippen LogP contribution in [0.4, 0.5) is 11.6 Å². The first-order valence-corrected chi connectivity index (χ1v) is 8.70. The summed E-state index contributed by atoms with van der Waals surface area (Å²) in [5.74, 6) is -0.664. The summed E-state index contributed by atoms with van der Waals surface area (Å²) in [6.07, 6.45) is 0.474. The predicted molar refractivity (Wildman–Crippen MR) is 100 cm³/mol. The van der Waals surface area contributed by atoms with Crippen LogP contribution in [-0.2, 0) is 9.59 Å². The second-order valence-corrected chi connectivity index (χ2v) is 6.86. The number of rotatable bonds is 2. The first-order valence-electron chi connectivity index (χ1n) is 7.91. The lowest BCUT2D eigenvalue weighted by molar-refractivity contribution is -0.115. The van der Waals surface area contributed by atoms with Crippen LogP contribution in [0.2, 0.25) is 0 Å². The Morgan fingerprint density at radius 1 is 1.38 bits per heavy atom. The van der Waals surface area contributed by atoms with E-state index in [9.17, 15) is 14.7 Å². The van der Waals surface area contributed by atoms with Crippen LogP contribution < -0.4 is 10.6 Å². The molecule has 0 atom stereocenters. The van der Waals surface area contributed by atoms with Crippen LogP contribution in [0.3, 0.4) is 0 Å². The molecule has 9 heteroatoms. The van der Waals surface area contributed by atoms with Gasteiger partial charge < -0.3 is 15.4 Å². The number of aromatic amines is 1. The number of fused-ring (bicyclic) bond motifs is 3. The largest absolute Gasteiger partial charge is 0.492 e. The summed E-state index contributed by atoms with van der Waals surface area (Å²) in [5, 5.41) is 15.6. The van der Waals surface area contributed by atoms with E-state index in [0.29, 0.717) is 41.2 Å². The number of nitrogens with one attached hydrogen (secondary N) is 3. The number of benzene rings is 1. The minimum absolute atomic E-state index is 0.146. The van der Waals surface area contributed by atoms with Gasteiger partial charge in [-0.2, -0.15) is 4.98 Å². The number of imidazole rings is 1.